The van der Waals surface area contributed by atoms with Crippen LogP contribution in [0.2, 0.25) is 0 Å². The molecule has 4 heteroatoms. The van der Waals surface area contributed by atoms with Crippen LogP contribution in [0.4, 0.5) is 5.69 Å². The van der Waals surface area contributed by atoms with E-state index in [1.165, 1.54) is 11.3 Å². The van der Waals surface area contributed by atoms with E-state index in [4.69, 9.17) is 0 Å². The molecule has 124 valence electrons. The first kappa shape index (κ1) is 16.1. The number of nitriles is 1. The van der Waals surface area contributed by atoms with Gasteiger partial charge in [0.1, 0.15) is 0 Å². The molecule has 0 atom stereocenters. The van der Waals surface area contributed by atoms with Crippen molar-refractivity contribution >= 4 is 32.4 Å². The molecule has 1 aliphatic heterocycles. The molecule has 0 radical (unpaired) electrons. The van der Waals surface area contributed by atoms with E-state index < -0.39 is 0 Å². The van der Waals surface area contributed by atoms with Crippen molar-refractivity contribution < 1.29 is 0 Å². The molecule has 1 fully saturated rings. The number of nitrogens with zero attached hydrogens (tertiary/aromatic N) is 3. The number of hydrazine groups is 1. The lowest BCUT2D eigenvalue weighted by Gasteiger charge is -2.31. The smallest absolute Gasteiger partial charge is 0.0998 e. The van der Waals surface area contributed by atoms with Crippen molar-refractivity contribution in [1.82, 2.24) is 5.01 Å². The van der Waals surface area contributed by atoms with Gasteiger partial charge in [-0.25, -0.2) is 5.01 Å². The molecule has 0 unspecified atom stereocenters. The first-order chi connectivity index (χ1) is 12.3. The number of hydrogen-bond donors (Lipinski definition) is 0. The van der Waals surface area contributed by atoms with Crippen LogP contribution in [-0.4, -0.2) is 18.1 Å². The van der Waals surface area contributed by atoms with Crippen LogP contribution >= 0.6 is 15.9 Å². The first-order valence-corrected chi connectivity index (χ1v) is 9.24. The van der Waals surface area contributed by atoms with Crippen molar-refractivity contribution in [2.45, 2.75) is 13.0 Å². The van der Waals surface area contributed by atoms with Crippen LogP contribution in [-0.2, 0) is 6.54 Å². The molecule has 0 N–H and O–H groups in total. The Hall–Kier alpha value is -2.35. The number of halogens is 1. The topological polar surface area (TPSA) is 30.3 Å². The second-order valence-electron chi connectivity index (χ2n) is 6.28. The van der Waals surface area contributed by atoms with Crippen LogP contribution in [0.25, 0.3) is 10.8 Å². The standard InChI is InChI=1S/C21H18BrN3/c22-18-6-3-5-16(13-18)15-24-11-4-12-25(24)21-10-9-17(14-23)19-7-1-2-8-20(19)21/h1-3,5-10,13H,4,11-12,15H2. The molecule has 3 nitrogen and oxygen atoms in total. The lowest BCUT2D eigenvalue weighted by Crippen LogP contribution is -2.36. The Labute approximate surface area is 156 Å². The van der Waals surface area contributed by atoms with Gasteiger partial charge in [0, 0.05) is 34.9 Å². The summed E-state index contributed by atoms with van der Waals surface area (Å²) in [5.41, 5.74) is 3.21. The fourth-order valence-corrected chi connectivity index (χ4v) is 4.00. The molecular formula is C21H18BrN3. The summed E-state index contributed by atoms with van der Waals surface area (Å²) in [6, 6.07) is 23.0. The third-order valence-corrected chi connectivity index (χ3v) is 5.17. The van der Waals surface area contributed by atoms with Crippen molar-refractivity contribution in [3.8, 4) is 6.07 Å². The first-order valence-electron chi connectivity index (χ1n) is 8.45. The predicted molar refractivity (Wildman–Crippen MR) is 105 cm³/mol. The van der Waals surface area contributed by atoms with Gasteiger partial charge in [-0.1, -0.05) is 52.3 Å². The minimum Gasteiger partial charge on any atom is -0.305 e. The minimum atomic E-state index is 0.733. The molecule has 0 aliphatic carbocycles. The Morgan fingerprint density at radius 1 is 0.960 bits per heavy atom. The van der Waals surface area contributed by atoms with E-state index in [-0.39, 0.29) is 0 Å². The summed E-state index contributed by atoms with van der Waals surface area (Å²) in [4.78, 5) is 0. The van der Waals surface area contributed by atoms with E-state index in [1.807, 2.05) is 24.3 Å². The summed E-state index contributed by atoms with van der Waals surface area (Å²) in [5, 5.41) is 16.3. The van der Waals surface area contributed by atoms with Gasteiger partial charge in [-0.3, -0.25) is 0 Å². The van der Waals surface area contributed by atoms with E-state index in [0.717, 1.165) is 46.9 Å². The molecule has 25 heavy (non-hydrogen) atoms. The van der Waals surface area contributed by atoms with E-state index in [1.54, 1.807) is 0 Å². The molecule has 3 aromatic rings. The van der Waals surface area contributed by atoms with Gasteiger partial charge in [-0.15, -0.1) is 0 Å². The van der Waals surface area contributed by atoms with Crippen molar-refractivity contribution in [3.63, 3.8) is 0 Å². The highest BCUT2D eigenvalue weighted by Gasteiger charge is 2.24. The van der Waals surface area contributed by atoms with Crippen LogP contribution in [0, 0.1) is 11.3 Å². The van der Waals surface area contributed by atoms with Gasteiger partial charge in [0.15, 0.2) is 0 Å². The van der Waals surface area contributed by atoms with Crippen molar-refractivity contribution in [2.75, 3.05) is 18.1 Å². The Kier molecular flexibility index (Phi) is 4.44. The van der Waals surface area contributed by atoms with Gasteiger partial charge in [0.25, 0.3) is 0 Å². The van der Waals surface area contributed by atoms with Crippen molar-refractivity contribution in [3.05, 3.63) is 76.3 Å². The molecule has 0 amide bonds. The zero-order valence-electron chi connectivity index (χ0n) is 13.8. The lowest BCUT2D eigenvalue weighted by atomic mass is 10.0. The van der Waals surface area contributed by atoms with Crippen LogP contribution in [0.5, 0.6) is 0 Å². The van der Waals surface area contributed by atoms with Gasteiger partial charge in [0.2, 0.25) is 0 Å². The van der Waals surface area contributed by atoms with Gasteiger partial charge in [-0.05, 0) is 36.2 Å². The number of anilines is 1. The van der Waals surface area contributed by atoms with Crippen molar-refractivity contribution in [1.29, 1.82) is 5.26 Å². The highest BCUT2D eigenvalue weighted by Crippen LogP contribution is 2.32. The second-order valence-corrected chi connectivity index (χ2v) is 7.20. The molecule has 1 heterocycles. The summed E-state index contributed by atoms with van der Waals surface area (Å²) < 4.78 is 1.11. The lowest BCUT2D eigenvalue weighted by molar-refractivity contribution is 0.304. The largest absolute Gasteiger partial charge is 0.305 e. The number of fused-ring (bicyclic) bond motifs is 1. The molecular weight excluding hydrogens is 374 g/mol. The maximum absolute atomic E-state index is 9.39. The average molecular weight is 392 g/mol. The summed E-state index contributed by atoms with van der Waals surface area (Å²) in [5.74, 6) is 0. The summed E-state index contributed by atoms with van der Waals surface area (Å²) in [7, 11) is 0. The molecule has 1 aliphatic rings. The number of rotatable bonds is 3. The average Bonchev–Trinajstić information content (AvgIpc) is 3.08. The fraction of sp³-hybridized carbons (Fsp3) is 0.190. The highest BCUT2D eigenvalue weighted by molar-refractivity contribution is 9.10. The van der Waals surface area contributed by atoms with Gasteiger partial charge in [0.05, 0.1) is 17.3 Å². The molecule has 3 aromatic carbocycles. The maximum atomic E-state index is 9.39. The fourth-order valence-electron chi connectivity index (χ4n) is 3.55. The normalized spacial score (nSPS) is 14.8. The molecule has 0 bridgehead atoms. The minimum absolute atomic E-state index is 0.733. The van der Waals surface area contributed by atoms with Gasteiger partial charge >= 0.3 is 0 Å². The Bertz CT molecular complexity index is 961. The van der Waals surface area contributed by atoms with E-state index in [2.05, 4.69) is 68.4 Å². The summed E-state index contributed by atoms with van der Waals surface area (Å²) >= 11 is 3.56. The molecule has 4 rings (SSSR count). The monoisotopic (exact) mass is 391 g/mol. The highest BCUT2D eigenvalue weighted by atomic mass is 79.9. The maximum Gasteiger partial charge on any atom is 0.0998 e. The second kappa shape index (κ2) is 6.87. The number of benzene rings is 3. The Balaban J connectivity index is 1.71. The molecule has 1 saturated heterocycles. The molecule has 0 saturated carbocycles. The van der Waals surface area contributed by atoms with E-state index >= 15 is 0 Å². The zero-order chi connectivity index (χ0) is 17.2. The van der Waals surface area contributed by atoms with E-state index in [0.29, 0.717) is 0 Å². The quantitative estimate of drug-likeness (QED) is 0.621. The number of hydrogen-bond acceptors (Lipinski definition) is 3. The Morgan fingerprint density at radius 3 is 2.60 bits per heavy atom. The van der Waals surface area contributed by atoms with Crippen LogP contribution in [0.15, 0.2) is 65.1 Å². The van der Waals surface area contributed by atoms with Crippen molar-refractivity contribution in [2.24, 2.45) is 0 Å². The summed E-state index contributed by atoms with van der Waals surface area (Å²) in [6.45, 7) is 2.93. The van der Waals surface area contributed by atoms with Crippen LogP contribution in [0.1, 0.15) is 17.5 Å². The Morgan fingerprint density at radius 2 is 1.80 bits per heavy atom. The predicted octanol–water partition coefficient (Wildman–Crippen LogP) is 5.10. The molecule has 0 spiro atoms. The van der Waals surface area contributed by atoms with Gasteiger partial charge in [-0.2, -0.15) is 5.26 Å². The molecule has 0 aromatic heterocycles. The summed E-state index contributed by atoms with van der Waals surface area (Å²) in [6.07, 6.45) is 1.14. The van der Waals surface area contributed by atoms with Crippen LogP contribution < -0.4 is 5.01 Å². The van der Waals surface area contributed by atoms with Crippen LogP contribution in [0.3, 0.4) is 0 Å². The van der Waals surface area contributed by atoms with Gasteiger partial charge < -0.3 is 5.01 Å². The SMILES string of the molecule is N#Cc1ccc(N2CCCN2Cc2cccc(Br)c2)c2ccccc12. The zero-order valence-corrected chi connectivity index (χ0v) is 15.4. The third kappa shape index (κ3) is 3.13. The third-order valence-electron chi connectivity index (χ3n) is 4.68. The van der Waals surface area contributed by atoms with E-state index in [9.17, 15) is 5.26 Å².